The molecule has 3 N–H and O–H groups in total. The minimum absolute atomic E-state index is 0.00645. The Morgan fingerprint density at radius 3 is 2.08 bits per heavy atom. The molecule has 7 nitrogen and oxygen atoms in total. The van der Waals surface area contributed by atoms with Gasteiger partial charge in [0.1, 0.15) is 34.0 Å². The fraction of sp³-hybridized carbons (Fsp3) is 0.152. The Kier molecular flexibility index (Phi) is 7.05. The van der Waals surface area contributed by atoms with E-state index in [0.717, 1.165) is 0 Å². The molecule has 40 heavy (non-hydrogen) atoms. The van der Waals surface area contributed by atoms with Crippen LogP contribution in [0.2, 0.25) is 0 Å². The van der Waals surface area contributed by atoms with Crippen LogP contribution in [0.25, 0.3) is 22.3 Å². The molecule has 1 unspecified atom stereocenters. The summed E-state index contributed by atoms with van der Waals surface area (Å²) in [5, 5.41) is 33.8. The molecule has 0 aliphatic heterocycles. The lowest BCUT2D eigenvalue weighted by Gasteiger charge is -2.22. The summed E-state index contributed by atoms with van der Waals surface area (Å²) in [6.45, 7) is 3.85. The minimum Gasteiger partial charge on any atom is -0.507 e. The van der Waals surface area contributed by atoms with Crippen molar-refractivity contribution in [2.45, 2.75) is 25.7 Å². The molecule has 0 fully saturated rings. The standard InChI is InChI=1S/C33H28O7/c1-18(2)21-11-14-23(32(37)26(36)15-21)29(20-9-12-22(39-3)13-10-20)31-25(35)17-28-30(33(31)38)24(34)16-27(40-28)19-7-5-4-6-8-19/h4-18,29,35,38H,1-3H3,(H,36,37). The summed E-state index contributed by atoms with van der Waals surface area (Å²) in [4.78, 5) is 26.3. The van der Waals surface area contributed by atoms with Crippen molar-refractivity contribution >= 4 is 11.0 Å². The average Bonchev–Trinajstić information content (AvgIpc) is 3.09. The van der Waals surface area contributed by atoms with E-state index in [1.807, 2.05) is 19.9 Å². The summed E-state index contributed by atoms with van der Waals surface area (Å²) in [6, 6.07) is 23.0. The van der Waals surface area contributed by atoms with E-state index in [1.54, 1.807) is 60.7 Å². The van der Waals surface area contributed by atoms with E-state index in [4.69, 9.17) is 9.15 Å². The summed E-state index contributed by atoms with van der Waals surface area (Å²) in [5.41, 5.74) is 0.876. The Morgan fingerprint density at radius 1 is 0.750 bits per heavy atom. The zero-order valence-electron chi connectivity index (χ0n) is 22.2. The molecule has 1 atom stereocenters. The van der Waals surface area contributed by atoms with E-state index < -0.39 is 28.3 Å². The van der Waals surface area contributed by atoms with Gasteiger partial charge in [0, 0.05) is 34.7 Å². The molecule has 202 valence electrons. The third kappa shape index (κ3) is 4.78. The maximum atomic E-state index is 13.3. The number of benzene rings is 3. The number of ether oxygens (including phenoxy) is 1. The molecule has 1 aromatic heterocycles. The van der Waals surface area contributed by atoms with Crippen LogP contribution in [0.4, 0.5) is 0 Å². The molecule has 5 aromatic rings. The molecule has 7 heteroatoms. The number of hydrogen-bond acceptors (Lipinski definition) is 7. The van der Waals surface area contributed by atoms with E-state index in [0.29, 0.717) is 22.4 Å². The number of rotatable bonds is 6. The highest BCUT2D eigenvalue weighted by Crippen LogP contribution is 2.47. The van der Waals surface area contributed by atoms with Crippen LogP contribution in [0.1, 0.15) is 47.9 Å². The van der Waals surface area contributed by atoms with Gasteiger partial charge in [-0.3, -0.25) is 9.59 Å². The van der Waals surface area contributed by atoms with Crippen molar-refractivity contribution in [3.05, 3.63) is 128 Å². The van der Waals surface area contributed by atoms with Gasteiger partial charge in [-0.25, -0.2) is 0 Å². The van der Waals surface area contributed by atoms with Gasteiger partial charge in [-0.15, -0.1) is 0 Å². The first kappa shape index (κ1) is 26.6. The van der Waals surface area contributed by atoms with E-state index >= 15 is 0 Å². The SMILES string of the molecule is COc1ccc(C(c2ccc(C(C)C)cc(=O)c2O)c2c(O)cc3oc(-c4ccccc4)cc(=O)c3c2O)cc1. The summed E-state index contributed by atoms with van der Waals surface area (Å²) in [7, 11) is 1.52. The highest BCUT2D eigenvalue weighted by molar-refractivity contribution is 5.89. The van der Waals surface area contributed by atoms with Gasteiger partial charge >= 0.3 is 0 Å². The first-order valence-corrected chi connectivity index (χ1v) is 12.8. The van der Waals surface area contributed by atoms with E-state index in [2.05, 4.69) is 0 Å². The van der Waals surface area contributed by atoms with Crippen LogP contribution in [0.5, 0.6) is 23.0 Å². The van der Waals surface area contributed by atoms with Crippen molar-refractivity contribution in [2.24, 2.45) is 0 Å². The molecule has 5 rings (SSSR count). The van der Waals surface area contributed by atoms with Crippen molar-refractivity contribution in [3.8, 4) is 34.3 Å². The van der Waals surface area contributed by atoms with Crippen molar-refractivity contribution in [3.63, 3.8) is 0 Å². The van der Waals surface area contributed by atoms with Crippen molar-refractivity contribution < 1.29 is 24.5 Å². The van der Waals surface area contributed by atoms with Crippen LogP contribution in [0.15, 0.2) is 98.9 Å². The third-order valence-corrected chi connectivity index (χ3v) is 7.04. The molecular weight excluding hydrogens is 508 g/mol. The van der Waals surface area contributed by atoms with Gasteiger partial charge in [0.2, 0.25) is 5.43 Å². The fourth-order valence-electron chi connectivity index (χ4n) is 4.90. The zero-order chi connectivity index (χ0) is 28.6. The smallest absolute Gasteiger partial charge is 0.220 e. The lowest BCUT2D eigenvalue weighted by atomic mass is 9.83. The van der Waals surface area contributed by atoms with Gasteiger partial charge in [0.25, 0.3) is 0 Å². The molecule has 0 bridgehead atoms. The van der Waals surface area contributed by atoms with E-state index in [9.17, 15) is 24.9 Å². The molecule has 0 saturated carbocycles. The average molecular weight is 537 g/mol. The Hall–Kier alpha value is -5.04. The van der Waals surface area contributed by atoms with Gasteiger partial charge in [-0.05, 0) is 35.2 Å². The Morgan fingerprint density at radius 2 is 1.43 bits per heavy atom. The first-order chi connectivity index (χ1) is 19.2. The Labute approximate surface area is 230 Å². The lowest BCUT2D eigenvalue weighted by Crippen LogP contribution is -2.09. The molecule has 0 radical (unpaired) electrons. The normalized spacial score (nSPS) is 12.0. The van der Waals surface area contributed by atoms with E-state index in [1.165, 1.54) is 25.3 Å². The molecule has 0 aliphatic rings. The molecule has 0 saturated heterocycles. The van der Waals surface area contributed by atoms with Crippen LogP contribution in [0, 0.1) is 0 Å². The molecule has 1 heterocycles. The van der Waals surface area contributed by atoms with Crippen LogP contribution < -0.4 is 15.6 Å². The number of phenols is 2. The van der Waals surface area contributed by atoms with Crippen LogP contribution in [-0.2, 0) is 0 Å². The number of methoxy groups -OCH3 is 1. The maximum absolute atomic E-state index is 13.3. The Balaban J connectivity index is 1.81. The highest BCUT2D eigenvalue weighted by Gasteiger charge is 2.29. The second kappa shape index (κ2) is 10.6. The van der Waals surface area contributed by atoms with Gasteiger partial charge in [-0.2, -0.15) is 0 Å². The number of fused-ring (bicyclic) bond motifs is 1. The minimum atomic E-state index is -1.02. The predicted molar refractivity (Wildman–Crippen MR) is 154 cm³/mol. The maximum Gasteiger partial charge on any atom is 0.220 e. The molecule has 0 spiro atoms. The fourth-order valence-corrected chi connectivity index (χ4v) is 4.90. The zero-order valence-corrected chi connectivity index (χ0v) is 22.2. The molecule has 4 aromatic carbocycles. The van der Waals surface area contributed by atoms with Gasteiger partial charge in [-0.1, -0.05) is 68.4 Å². The van der Waals surface area contributed by atoms with Crippen LogP contribution in [-0.4, -0.2) is 22.4 Å². The highest BCUT2D eigenvalue weighted by atomic mass is 16.5. The van der Waals surface area contributed by atoms with Gasteiger partial charge in [0.05, 0.1) is 7.11 Å². The monoisotopic (exact) mass is 536 g/mol. The lowest BCUT2D eigenvalue weighted by molar-refractivity contribution is 0.414. The Bertz CT molecular complexity index is 1820. The first-order valence-electron chi connectivity index (χ1n) is 12.8. The third-order valence-electron chi connectivity index (χ3n) is 7.04. The van der Waals surface area contributed by atoms with E-state index in [-0.39, 0.29) is 39.5 Å². The number of phenolic OH excluding ortho intramolecular Hbond substituents is 2. The second-order valence-electron chi connectivity index (χ2n) is 9.88. The van der Waals surface area contributed by atoms with Gasteiger partial charge in [0.15, 0.2) is 11.2 Å². The summed E-state index contributed by atoms with van der Waals surface area (Å²) < 4.78 is 11.2. The summed E-state index contributed by atoms with van der Waals surface area (Å²) in [5.74, 6) is -1.58. The second-order valence-corrected chi connectivity index (χ2v) is 9.88. The molecular formula is C33H28O7. The molecule has 0 amide bonds. The van der Waals surface area contributed by atoms with Crippen molar-refractivity contribution in [2.75, 3.05) is 7.11 Å². The summed E-state index contributed by atoms with van der Waals surface area (Å²) in [6.07, 6.45) is 0. The van der Waals surface area contributed by atoms with Gasteiger partial charge < -0.3 is 24.5 Å². The largest absolute Gasteiger partial charge is 0.507 e. The molecule has 0 aliphatic carbocycles. The quantitative estimate of drug-likeness (QED) is 0.235. The number of aromatic hydroxyl groups is 3. The topological polar surface area (TPSA) is 117 Å². The predicted octanol–water partition coefficient (Wildman–Crippen LogP) is 6.25. The van der Waals surface area contributed by atoms with Crippen LogP contribution in [0.3, 0.4) is 0 Å². The number of hydrogen-bond donors (Lipinski definition) is 3. The van der Waals surface area contributed by atoms with Crippen LogP contribution >= 0.6 is 0 Å². The van der Waals surface area contributed by atoms with Crippen molar-refractivity contribution in [1.29, 1.82) is 0 Å². The van der Waals surface area contributed by atoms with Crippen molar-refractivity contribution in [1.82, 2.24) is 0 Å². The summed E-state index contributed by atoms with van der Waals surface area (Å²) >= 11 is 0.